The van der Waals surface area contributed by atoms with Crippen molar-refractivity contribution in [1.29, 1.82) is 0 Å². The van der Waals surface area contributed by atoms with Gasteiger partial charge in [-0.3, -0.25) is 9.67 Å². The molecule has 4 rings (SSSR count). The molecule has 6 nitrogen and oxygen atoms in total. The van der Waals surface area contributed by atoms with Crippen LogP contribution < -0.4 is 5.32 Å². The van der Waals surface area contributed by atoms with Gasteiger partial charge in [0.25, 0.3) is 0 Å². The van der Waals surface area contributed by atoms with E-state index in [2.05, 4.69) is 38.6 Å². The molecule has 1 aliphatic heterocycles. The third-order valence-electron chi connectivity index (χ3n) is 5.03. The number of aromatic nitrogens is 2. The van der Waals surface area contributed by atoms with E-state index < -0.39 is 0 Å². The van der Waals surface area contributed by atoms with Crippen LogP contribution in [0.1, 0.15) is 23.7 Å². The Morgan fingerprint density at radius 3 is 3.04 bits per heavy atom. The number of guanidine groups is 1. The van der Waals surface area contributed by atoms with Crippen molar-refractivity contribution in [3.8, 4) is 0 Å². The Kier molecular flexibility index (Phi) is 4.65. The maximum atomic E-state index is 5.88. The lowest BCUT2D eigenvalue weighted by Gasteiger charge is -2.21. The van der Waals surface area contributed by atoms with Crippen LogP contribution in [0.15, 0.2) is 52.1 Å². The molecule has 136 valence electrons. The normalized spacial score (nSPS) is 18.0. The second-order valence-electron chi connectivity index (χ2n) is 6.85. The average molecular weight is 351 g/mol. The number of para-hydroxylation sites is 1. The smallest absolute Gasteiger partial charge is 0.193 e. The highest BCUT2D eigenvalue weighted by molar-refractivity contribution is 5.80. The summed E-state index contributed by atoms with van der Waals surface area (Å²) in [6.07, 6.45) is 6.07. The van der Waals surface area contributed by atoms with Crippen LogP contribution in [-0.4, -0.2) is 47.3 Å². The lowest BCUT2D eigenvalue weighted by Crippen LogP contribution is -2.40. The topological polar surface area (TPSA) is 58.6 Å². The van der Waals surface area contributed by atoms with Crippen molar-refractivity contribution in [3.63, 3.8) is 0 Å². The maximum absolute atomic E-state index is 5.88. The number of aliphatic imine (C=N–C) groups is 1. The first-order chi connectivity index (χ1) is 12.7. The van der Waals surface area contributed by atoms with Gasteiger partial charge in [0.05, 0.1) is 6.20 Å². The van der Waals surface area contributed by atoms with E-state index in [1.54, 1.807) is 0 Å². The van der Waals surface area contributed by atoms with Gasteiger partial charge in [-0.2, -0.15) is 5.10 Å². The summed E-state index contributed by atoms with van der Waals surface area (Å²) < 4.78 is 7.76. The summed E-state index contributed by atoms with van der Waals surface area (Å²) in [5.41, 5.74) is 2.26. The summed E-state index contributed by atoms with van der Waals surface area (Å²) in [6, 6.07) is 10.2. The van der Waals surface area contributed by atoms with E-state index in [9.17, 15) is 0 Å². The zero-order valence-electron chi connectivity index (χ0n) is 15.4. The Bertz CT molecular complexity index is 877. The molecule has 0 radical (unpaired) electrons. The van der Waals surface area contributed by atoms with Gasteiger partial charge in [0.2, 0.25) is 0 Å². The van der Waals surface area contributed by atoms with Crippen LogP contribution in [0, 0.1) is 0 Å². The SMILES string of the molecule is CN=C(NCCc1cc2ccccc2o1)N1CCC(c2cnn(C)c2)C1. The minimum absolute atomic E-state index is 0.526. The molecule has 3 heterocycles. The minimum atomic E-state index is 0.526. The number of nitrogens with zero attached hydrogens (tertiary/aromatic N) is 4. The number of aryl methyl sites for hydroxylation is 1. The molecular weight excluding hydrogens is 326 g/mol. The molecule has 2 aromatic heterocycles. The zero-order valence-corrected chi connectivity index (χ0v) is 15.4. The lowest BCUT2D eigenvalue weighted by atomic mass is 10.0. The standard InChI is InChI=1S/C20H25N5O/c1-21-20(25-10-8-16(14-25)17-12-23-24(2)13-17)22-9-7-18-11-15-5-3-4-6-19(15)26-18/h3-6,11-13,16H,7-10,14H2,1-2H3,(H,21,22). The quantitative estimate of drug-likeness (QED) is 0.580. The second kappa shape index (κ2) is 7.23. The third-order valence-corrected chi connectivity index (χ3v) is 5.03. The molecule has 1 aromatic carbocycles. The van der Waals surface area contributed by atoms with Gasteiger partial charge >= 0.3 is 0 Å². The fourth-order valence-electron chi connectivity index (χ4n) is 3.67. The van der Waals surface area contributed by atoms with E-state index in [1.807, 2.05) is 43.2 Å². The number of fused-ring (bicyclic) bond motifs is 1. The summed E-state index contributed by atoms with van der Waals surface area (Å²) >= 11 is 0. The summed E-state index contributed by atoms with van der Waals surface area (Å²) in [4.78, 5) is 6.79. The van der Waals surface area contributed by atoms with Gasteiger partial charge in [-0.15, -0.1) is 0 Å². The van der Waals surface area contributed by atoms with Crippen molar-refractivity contribution >= 4 is 16.9 Å². The van der Waals surface area contributed by atoms with Gasteiger partial charge in [0.15, 0.2) is 5.96 Å². The Hall–Kier alpha value is -2.76. The molecule has 1 unspecified atom stereocenters. The number of nitrogens with one attached hydrogen (secondary N) is 1. The van der Waals surface area contributed by atoms with Crippen molar-refractivity contribution in [1.82, 2.24) is 20.0 Å². The largest absolute Gasteiger partial charge is 0.461 e. The fraction of sp³-hybridized carbons (Fsp3) is 0.400. The van der Waals surface area contributed by atoms with Crippen molar-refractivity contribution in [2.45, 2.75) is 18.8 Å². The van der Waals surface area contributed by atoms with E-state index in [0.717, 1.165) is 55.2 Å². The van der Waals surface area contributed by atoms with Crippen molar-refractivity contribution in [2.24, 2.45) is 12.0 Å². The summed E-state index contributed by atoms with van der Waals surface area (Å²) in [5.74, 6) is 2.49. The second-order valence-corrected chi connectivity index (χ2v) is 6.85. The summed E-state index contributed by atoms with van der Waals surface area (Å²) in [5, 5.41) is 8.93. The van der Waals surface area contributed by atoms with Crippen LogP contribution >= 0.6 is 0 Å². The third kappa shape index (κ3) is 3.45. The molecule has 3 aromatic rings. The average Bonchev–Trinajstić information content (AvgIpc) is 3.37. The molecule has 1 fully saturated rings. The summed E-state index contributed by atoms with van der Waals surface area (Å²) in [6.45, 7) is 2.81. The Labute approximate surface area is 153 Å². The molecule has 1 saturated heterocycles. The lowest BCUT2D eigenvalue weighted by molar-refractivity contribution is 0.481. The molecule has 1 aliphatic rings. The number of likely N-dealkylation sites (tertiary alicyclic amines) is 1. The molecule has 0 saturated carbocycles. The van der Waals surface area contributed by atoms with Gasteiger partial charge in [0.1, 0.15) is 11.3 Å². The van der Waals surface area contributed by atoms with E-state index >= 15 is 0 Å². The van der Waals surface area contributed by atoms with Gasteiger partial charge in [0, 0.05) is 57.7 Å². The zero-order chi connectivity index (χ0) is 17.9. The van der Waals surface area contributed by atoms with Gasteiger partial charge in [-0.1, -0.05) is 18.2 Å². The first-order valence-electron chi connectivity index (χ1n) is 9.14. The van der Waals surface area contributed by atoms with Crippen LogP contribution in [-0.2, 0) is 13.5 Å². The molecule has 0 bridgehead atoms. The van der Waals surface area contributed by atoms with E-state index in [1.165, 1.54) is 5.56 Å². The van der Waals surface area contributed by atoms with Crippen LogP contribution in [0.3, 0.4) is 0 Å². The van der Waals surface area contributed by atoms with Gasteiger partial charge in [-0.25, -0.2) is 0 Å². The Balaban J connectivity index is 1.32. The number of benzene rings is 1. The molecule has 26 heavy (non-hydrogen) atoms. The highest BCUT2D eigenvalue weighted by Crippen LogP contribution is 2.26. The molecule has 0 amide bonds. The van der Waals surface area contributed by atoms with Gasteiger partial charge < -0.3 is 14.6 Å². The van der Waals surface area contributed by atoms with Crippen molar-refractivity contribution in [3.05, 3.63) is 54.0 Å². The van der Waals surface area contributed by atoms with E-state index in [-0.39, 0.29) is 0 Å². The Morgan fingerprint density at radius 2 is 2.27 bits per heavy atom. The predicted molar refractivity (Wildman–Crippen MR) is 103 cm³/mol. The molecule has 0 aliphatic carbocycles. The minimum Gasteiger partial charge on any atom is -0.461 e. The number of hydrogen-bond acceptors (Lipinski definition) is 3. The molecule has 6 heteroatoms. The van der Waals surface area contributed by atoms with E-state index in [0.29, 0.717) is 5.92 Å². The highest BCUT2D eigenvalue weighted by Gasteiger charge is 2.26. The molecular formula is C20H25N5O. The number of rotatable bonds is 4. The van der Waals surface area contributed by atoms with Crippen molar-refractivity contribution in [2.75, 3.05) is 26.7 Å². The van der Waals surface area contributed by atoms with Crippen LogP contribution in [0.2, 0.25) is 0 Å². The van der Waals surface area contributed by atoms with Crippen molar-refractivity contribution < 1.29 is 4.42 Å². The first kappa shape index (κ1) is 16.7. The Morgan fingerprint density at radius 1 is 1.38 bits per heavy atom. The fourth-order valence-corrected chi connectivity index (χ4v) is 3.67. The van der Waals surface area contributed by atoms with Gasteiger partial charge in [-0.05, 0) is 24.1 Å². The molecule has 0 spiro atoms. The van der Waals surface area contributed by atoms with Crippen LogP contribution in [0.4, 0.5) is 0 Å². The maximum Gasteiger partial charge on any atom is 0.193 e. The van der Waals surface area contributed by atoms with Crippen LogP contribution in [0.25, 0.3) is 11.0 Å². The number of furan rings is 1. The van der Waals surface area contributed by atoms with E-state index in [4.69, 9.17) is 4.42 Å². The summed E-state index contributed by atoms with van der Waals surface area (Å²) in [7, 11) is 3.82. The number of hydrogen-bond donors (Lipinski definition) is 1. The molecule has 1 atom stereocenters. The molecule has 1 N–H and O–H groups in total. The highest BCUT2D eigenvalue weighted by atomic mass is 16.3. The van der Waals surface area contributed by atoms with Crippen LogP contribution in [0.5, 0.6) is 0 Å². The first-order valence-corrected chi connectivity index (χ1v) is 9.14. The monoisotopic (exact) mass is 351 g/mol. The predicted octanol–water partition coefficient (Wildman–Crippen LogP) is 2.77.